The van der Waals surface area contributed by atoms with E-state index >= 15 is 0 Å². The van der Waals surface area contributed by atoms with Crippen molar-refractivity contribution in [2.45, 2.75) is 26.4 Å². The van der Waals surface area contributed by atoms with Gasteiger partial charge in [-0.25, -0.2) is 4.98 Å². The zero-order chi connectivity index (χ0) is 13.8. The zero-order valence-corrected chi connectivity index (χ0v) is 11.6. The number of pyridine rings is 1. The van der Waals surface area contributed by atoms with Crippen LogP contribution < -0.4 is 10.6 Å². The van der Waals surface area contributed by atoms with Crippen LogP contribution in [0.15, 0.2) is 12.1 Å². The predicted molar refractivity (Wildman–Crippen MR) is 71.9 cm³/mol. The molecular formula is C13H21N3O2. The average Bonchev–Trinajstić information content (AvgIpc) is 2.35. The Hall–Kier alpha value is -1.62. The third-order valence-electron chi connectivity index (χ3n) is 2.70. The molecular weight excluding hydrogens is 230 g/mol. The maximum Gasteiger partial charge on any atom is 0.251 e. The molecule has 0 bridgehead atoms. The lowest BCUT2D eigenvalue weighted by molar-refractivity contribution is 0.0229. The van der Waals surface area contributed by atoms with Gasteiger partial charge in [-0.15, -0.1) is 0 Å². The molecule has 0 radical (unpaired) electrons. The minimum absolute atomic E-state index is 0.123. The second kappa shape index (κ2) is 5.82. The van der Waals surface area contributed by atoms with Crippen LogP contribution in [0.25, 0.3) is 0 Å². The van der Waals surface area contributed by atoms with Crippen molar-refractivity contribution in [2.24, 2.45) is 0 Å². The van der Waals surface area contributed by atoms with Crippen LogP contribution >= 0.6 is 0 Å². The van der Waals surface area contributed by atoms with Crippen molar-refractivity contribution in [3.05, 3.63) is 23.4 Å². The molecule has 0 saturated heterocycles. The number of hydrogen-bond donors (Lipinski definition) is 2. The van der Waals surface area contributed by atoms with Gasteiger partial charge in [-0.1, -0.05) is 0 Å². The standard InChI is InChI=1S/C13H21N3O2/c1-9-6-10(7-11(14-4)16-9)12(17)15-8-13(2,3)18-5/h6-7H,8H2,1-5H3,(H,14,16)(H,15,17). The Bertz CT molecular complexity index is 430. The van der Waals surface area contributed by atoms with Gasteiger partial charge in [0.2, 0.25) is 0 Å². The second-order valence-corrected chi connectivity index (χ2v) is 4.78. The van der Waals surface area contributed by atoms with Crippen LogP contribution in [0.5, 0.6) is 0 Å². The summed E-state index contributed by atoms with van der Waals surface area (Å²) in [6.07, 6.45) is 0. The Morgan fingerprint density at radius 3 is 2.67 bits per heavy atom. The highest BCUT2D eigenvalue weighted by Gasteiger charge is 2.18. The van der Waals surface area contributed by atoms with E-state index in [-0.39, 0.29) is 11.5 Å². The number of aromatic nitrogens is 1. The molecule has 1 aromatic rings. The molecule has 1 rings (SSSR count). The van der Waals surface area contributed by atoms with Gasteiger partial charge in [0.1, 0.15) is 5.82 Å². The van der Waals surface area contributed by atoms with Gasteiger partial charge >= 0.3 is 0 Å². The van der Waals surface area contributed by atoms with Gasteiger partial charge in [-0.2, -0.15) is 0 Å². The molecule has 1 aromatic heterocycles. The lowest BCUT2D eigenvalue weighted by Gasteiger charge is -2.23. The molecule has 0 saturated carbocycles. The van der Waals surface area contributed by atoms with Gasteiger partial charge in [0.05, 0.1) is 5.60 Å². The van der Waals surface area contributed by atoms with E-state index in [1.165, 1.54) is 0 Å². The minimum Gasteiger partial charge on any atom is -0.377 e. The van der Waals surface area contributed by atoms with Crippen LogP contribution in [0, 0.1) is 6.92 Å². The molecule has 0 fully saturated rings. The quantitative estimate of drug-likeness (QED) is 0.834. The summed E-state index contributed by atoms with van der Waals surface area (Å²) in [5.74, 6) is 0.563. The van der Waals surface area contributed by atoms with Gasteiger partial charge in [0, 0.05) is 32.0 Å². The molecule has 0 aliphatic carbocycles. The lowest BCUT2D eigenvalue weighted by atomic mass is 10.1. The summed E-state index contributed by atoms with van der Waals surface area (Å²) in [6, 6.07) is 3.48. The lowest BCUT2D eigenvalue weighted by Crippen LogP contribution is -2.39. The number of nitrogens with zero attached hydrogens (tertiary/aromatic N) is 1. The molecule has 5 nitrogen and oxygen atoms in total. The predicted octanol–water partition coefficient (Wildman–Crippen LogP) is 1.59. The number of carbonyl (C=O) groups excluding carboxylic acids is 1. The van der Waals surface area contributed by atoms with E-state index in [1.54, 1.807) is 26.3 Å². The first-order valence-corrected chi connectivity index (χ1v) is 5.88. The topological polar surface area (TPSA) is 63.2 Å². The largest absolute Gasteiger partial charge is 0.377 e. The maximum absolute atomic E-state index is 12.0. The Labute approximate surface area is 108 Å². The number of ether oxygens (including phenoxy) is 1. The van der Waals surface area contributed by atoms with Gasteiger partial charge < -0.3 is 15.4 Å². The first kappa shape index (κ1) is 14.4. The Morgan fingerprint density at radius 1 is 1.44 bits per heavy atom. The number of amides is 1. The summed E-state index contributed by atoms with van der Waals surface area (Å²) in [7, 11) is 3.40. The number of aryl methyl sites for hydroxylation is 1. The van der Waals surface area contributed by atoms with E-state index < -0.39 is 0 Å². The van der Waals surface area contributed by atoms with Crippen LogP contribution in [0.1, 0.15) is 29.9 Å². The zero-order valence-electron chi connectivity index (χ0n) is 11.6. The average molecular weight is 251 g/mol. The molecule has 5 heteroatoms. The molecule has 100 valence electrons. The molecule has 1 amide bonds. The van der Waals surface area contributed by atoms with Crippen molar-refractivity contribution in [3.63, 3.8) is 0 Å². The van der Waals surface area contributed by atoms with Crippen molar-refractivity contribution < 1.29 is 9.53 Å². The number of anilines is 1. The Morgan fingerprint density at radius 2 is 2.11 bits per heavy atom. The van der Waals surface area contributed by atoms with Gasteiger partial charge in [0.15, 0.2) is 0 Å². The molecule has 0 aromatic carbocycles. The van der Waals surface area contributed by atoms with Gasteiger partial charge in [-0.3, -0.25) is 4.79 Å². The third-order valence-corrected chi connectivity index (χ3v) is 2.70. The number of methoxy groups -OCH3 is 1. The summed E-state index contributed by atoms with van der Waals surface area (Å²) < 4.78 is 5.25. The van der Waals surface area contributed by atoms with Crippen LogP contribution in [-0.2, 0) is 4.74 Å². The number of carbonyl (C=O) groups is 1. The van der Waals surface area contributed by atoms with E-state index in [0.29, 0.717) is 17.9 Å². The van der Waals surface area contributed by atoms with Crippen LogP contribution in [0.4, 0.5) is 5.82 Å². The van der Waals surface area contributed by atoms with Crippen molar-refractivity contribution >= 4 is 11.7 Å². The first-order valence-electron chi connectivity index (χ1n) is 5.88. The molecule has 0 unspecified atom stereocenters. The summed E-state index contributed by atoms with van der Waals surface area (Å²) >= 11 is 0. The number of nitrogens with one attached hydrogen (secondary N) is 2. The first-order chi connectivity index (χ1) is 8.38. The van der Waals surface area contributed by atoms with Crippen molar-refractivity contribution in [3.8, 4) is 0 Å². The molecule has 18 heavy (non-hydrogen) atoms. The Kier molecular flexibility index (Phi) is 4.67. The highest BCUT2D eigenvalue weighted by atomic mass is 16.5. The van der Waals surface area contributed by atoms with Crippen LogP contribution in [0.2, 0.25) is 0 Å². The van der Waals surface area contributed by atoms with Gasteiger partial charge in [0.25, 0.3) is 5.91 Å². The van der Waals surface area contributed by atoms with E-state index in [9.17, 15) is 4.79 Å². The third kappa shape index (κ3) is 4.00. The fourth-order valence-corrected chi connectivity index (χ4v) is 1.40. The van der Waals surface area contributed by atoms with E-state index in [2.05, 4.69) is 15.6 Å². The molecule has 0 atom stereocenters. The summed E-state index contributed by atoms with van der Waals surface area (Å²) in [5, 5.41) is 5.78. The fraction of sp³-hybridized carbons (Fsp3) is 0.538. The highest BCUT2D eigenvalue weighted by Crippen LogP contribution is 2.10. The van der Waals surface area contributed by atoms with E-state index in [0.717, 1.165) is 5.69 Å². The SMILES string of the molecule is CNc1cc(C(=O)NCC(C)(C)OC)cc(C)n1. The fourth-order valence-electron chi connectivity index (χ4n) is 1.40. The summed E-state index contributed by atoms with van der Waals surface area (Å²) in [5.41, 5.74) is 1.03. The number of rotatable bonds is 5. The highest BCUT2D eigenvalue weighted by molar-refractivity contribution is 5.95. The second-order valence-electron chi connectivity index (χ2n) is 4.78. The van der Waals surface area contributed by atoms with Crippen LogP contribution in [0.3, 0.4) is 0 Å². The minimum atomic E-state index is -0.371. The molecule has 0 aliphatic rings. The maximum atomic E-state index is 12.0. The smallest absolute Gasteiger partial charge is 0.251 e. The normalized spacial score (nSPS) is 11.2. The summed E-state index contributed by atoms with van der Waals surface area (Å²) in [4.78, 5) is 16.2. The van der Waals surface area contributed by atoms with E-state index in [4.69, 9.17) is 4.74 Å². The summed E-state index contributed by atoms with van der Waals surface area (Å²) in [6.45, 7) is 6.16. The molecule has 2 N–H and O–H groups in total. The molecule has 0 spiro atoms. The van der Waals surface area contributed by atoms with E-state index in [1.807, 2.05) is 20.8 Å². The van der Waals surface area contributed by atoms with Gasteiger partial charge in [-0.05, 0) is 32.9 Å². The van der Waals surface area contributed by atoms with Crippen LogP contribution in [-0.4, -0.2) is 37.2 Å². The van der Waals surface area contributed by atoms with Crippen molar-refractivity contribution in [2.75, 3.05) is 26.0 Å². The molecule has 0 aliphatic heterocycles. The number of hydrogen-bond acceptors (Lipinski definition) is 4. The molecule has 1 heterocycles. The van der Waals surface area contributed by atoms with Crippen molar-refractivity contribution in [1.82, 2.24) is 10.3 Å². The Balaban J connectivity index is 2.75. The van der Waals surface area contributed by atoms with Crippen molar-refractivity contribution in [1.29, 1.82) is 0 Å². The monoisotopic (exact) mass is 251 g/mol.